The summed E-state index contributed by atoms with van der Waals surface area (Å²) in [5.74, 6) is -0.799. The van der Waals surface area contributed by atoms with Crippen molar-refractivity contribution in [1.82, 2.24) is 10.6 Å². The van der Waals surface area contributed by atoms with Crippen LogP contribution in [0.25, 0.3) is 0 Å². The third-order valence-corrected chi connectivity index (χ3v) is 3.53. The van der Waals surface area contributed by atoms with Gasteiger partial charge in [-0.15, -0.1) is 12.4 Å². The molecule has 4 N–H and O–H groups in total. The number of nitrogens with zero attached hydrogens (tertiary/aromatic N) is 1. The lowest BCUT2D eigenvalue weighted by Crippen LogP contribution is -2.47. The fraction of sp³-hybridized carbons (Fsp3) is 0.467. The fourth-order valence-electron chi connectivity index (χ4n) is 1.90. The van der Waals surface area contributed by atoms with Crippen molar-refractivity contribution in [1.29, 1.82) is 0 Å². The van der Waals surface area contributed by atoms with Crippen LogP contribution in [0.2, 0.25) is 0 Å². The molecule has 1 aromatic rings. The first-order valence-electron chi connectivity index (χ1n) is 7.27. The molecule has 0 aliphatic heterocycles. The summed E-state index contributed by atoms with van der Waals surface area (Å²) in [6, 6.07) is 4.02. The van der Waals surface area contributed by atoms with Crippen molar-refractivity contribution in [3.63, 3.8) is 0 Å². The van der Waals surface area contributed by atoms with Gasteiger partial charge in [0.25, 0.3) is 5.69 Å². The van der Waals surface area contributed by atoms with E-state index in [1.54, 1.807) is 19.1 Å². The lowest BCUT2D eigenvalue weighted by molar-refractivity contribution is -0.385. The minimum absolute atomic E-state index is 0. The Balaban J connectivity index is 0.00000529. The van der Waals surface area contributed by atoms with Gasteiger partial charge in [0.15, 0.2) is 0 Å². The Morgan fingerprint density at radius 3 is 2.46 bits per heavy atom. The Morgan fingerprint density at radius 2 is 1.92 bits per heavy atom. The highest BCUT2D eigenvalue weighted by atomic mass is 35.5. The van der Waals surface area contributed by atoms with Crippen LogP contribution >= 0.6 is 12.4 Å². The maximum Gasteiger partial charge on any atom is 0.272 e. The zero-order chi connectivity index (χ0) is 17.6. The van der Waals surface area contributed by atoms with Crippen molar-refractivity contribution in [2.24, 2.45) is 11.7 Å². The van der Waals surface area contributed by atoms with Gasteiger partial charge < -0.3 is 16.4 Å². The van der Waals surface area contributed by atoms with Gasteiger partial charge in [0.1, 0.15) is 0 Å². The molecular formula is C15H23ClN4O4. The molecule has 0 saturated heterocycles. The molecule has 0 fully saturated rings. The number of halogens is 1. The number of nitro groups is 1. The van der Waals surface area contributed by atoms with Crippen molar-refractivity contribution >= 4 is 29.9 Å². The van der Waals surface area contributed by atoms with E-state index in [1.165, 1.54) is 6.07 Å². The van der Waals surface area contributed by atoms with Crippen LogP contribution in [0.15, 0.2) is 18.2 Å². The highest BCUT2D eigenvalue weighted by molar-refractivity contribution is 5.87. The molecular weight excluding hydrogens is 336 g/mol. The summed E-state index contributed by atoms with van der Waals surface area (Å²) in [6.45, 7) is 5.22. The Hall–Kier alpha value is -2.19. The van der Waals surface area contributed by atoms with E-state index in [1.807, 2.05) is 13.8 Å². The summed E-state index contributed by atoms with van der Waals surface area (Å²) >= 11 is 0. The van der Waals surface area contributed by atoms with E-state index in [0.29, 0.717) is 11.1 Å². The van der Waals surface area contributed by atoms with Gasteiger partial charge in [0.2, 0.25) is 11.8 Å². The minimum Gasteiger partial charge on any atom is -0.350 e. The molecule has 0 saturated carbocycles. The van der Waals surface area contributed by atoms with Crippen LogP contribution in [-0.4, -0.2) is 29.3 Å². The molecule has 2 amide bonds. The second-order valence-electron chi connectivity index (χ2n) is 5.58. The van der Waals surface area contributed by atoms with E-state index >= 15 is 0 Å². The second kappa shape index (κ2) is 9.84. The number of amides is 2. The van der Waals surface area contributed by atoms with Crippen LogP contribution in [0.4, 0.5) is 5.69 Å². The molecule has 0 radical (unpaired) electrons. The van der Waals surface area contributed by atoms with E-state index in [2.05, 4.69) is 10.6 Å². The van der Waals surface area contributed by atoms with Gasteiger partial charge in [0, 0.05) is 18.2 Å². The Bertz CT molecular complexity index is 607. The average Bonchev–Trinajstić information content (AvgIpc) is 2.50. The summed E-state index contributed by atoms with van der Waals surface area (Å²) in [6.07, 6.45) is 0. The molecule has 24 heavy (non-hydrogen) atoms. The van der Waals surface area contributed by atoms with Crippen molar-refractivity contribution < 1.29 is 14.5 Å². The standard InChI is InChI=1S/C15H22N4O4.ClH/c1-9(2)14(16)15(21)18-8-13(20)17-7-11-5-4-6-12(10(11)3)19(22)23;/h4-6,9,14H,7-8,16H2,1-3H3,(H,17,20)(H,18,21);1H/t14-;/m0./s1. The van der Waals surface area contributed by atoms with Crippen LogP contribution in [0.3, 0.4) is 0 Å². The zero-order valence-corrected chi connectivity index (χ0v) is 14.7. The first-order chi connectivity index (χ1) is 10.7. The monoisotopic (exact) mass is 358 g/mol. The largest absolute Gasteiger partial charge is 0.350 e. The molecule has 9 heteroatoms. The van der Waals surface area contributed by atoms with Crippen molar-refractivity contribution in [2.75, 3.05) is 6.54 Å². The molecule has 0 bridgehead atoms. The quantitative estimate of drug-likeness (QED) is 0.495. The molecule has 0 spiro atoms. The topological polar surface area (TPSA) is 127 Å². The SMILES string of the molecule is Cc1c(CNC(=O)CNC(=O)[C@@H](N)C(C)C)cccc1[N+](=O)[O-].Cl. The van der Waals surface area contributed by atoms with E-state index < -0.39 is 11.0 Å². The molecule has 0 aromatic heterocycles. The van der Waals surface area contributed by atoms with E-state index in [4.69, 9.17) is 5.73 Å². The Morgan fingerprint density at radius 1 is 1.29 bits per heavy atom. The third-order valence-electron chi connectivity index (χ3n) is 3.53. The molecule has 1 atom stereocenters. The lowest BCUT2D eigenvalue weighted by atomic mass is 10.1. The third kappa shape index (κ3) is 6.13. The van der Waals surface area contributed by atoms with E-state index in [0.717, 1.165) is 0 Å². The smallest absolute Gasteiger partial charge is 0.272 e. The number of hydrogen-bond donors (Lipinski definition) is 3. The summed E-state index contributed by atoms with van der Waals surface area (Å²) in [4.78, 5) is 33.8. The number of hydrogen-bond acceptors (Lipinski definition) is 5. The van der Waals surface area contributed by atoms with Crippen LogP contribution in [-0.2, 0) is 16.1 Å². The molecule has 0 aliphatic carbocycles. The van der Waals surface area contributed by atoms with Gasteiger partial charge in [0.05, 0.1) is 17.5 Å². The van der Waals surface area contributed by atoms with Gasteiger partial charge in [-0.3, -0.25) is 19.7 Å². The molecule has 0 unspecified atom stereocenters. The zero-order valence-electron chi connectivity index (χ0n) is 13.9. The van der Waals surface area contributed by atoms with Gasteiger partial charge in [-0.2, -0.15) is 0 Å². The minimum atomic E-state index is -0.665. The lowest BCUT2D eigenvalue weighted by Gasteiger charge is -2.15. The summed E-state index contributed by atoms with van der Waals surface area (Å²) < 4.78 is 0. The number of carbonyl (C=O) groups excluding carboxylic acids is 2. The molecule has 1 aromatic carbocycles. The van der Waals surface area contributed by atoms with Crippen LogP contribution < -0.4 is 16.4 Å². The Kier molecular flexibility index (Phi) is 8.94. The normalized spacial score (nSPS) is 11.4. The number of nitro benzene ring substituents is 1. The van der Waals surface area contributed by atoms with Gasteiger partial charge in [-0.1, -0.05) is 26.0 Å². The van der Waals surface area contributed by atoms with Gasteiger partial charge >= 0.3 is 0 Å². The van der Waals surface area contributed by atoms with Crippen LogP contribution in [0, 0.1) is 23.0 Å². The van der Waals surface area contributed by atoms with Gasteiger partial charge in [-0.25, -0.2) is 0 Å². The molecule has 0 aliphatic rings. The van der Waals surface area contributed by atoms with Crippen molar-refractivity contribution in [3.05, 3.63) is 39.4 Å². The van der Waals surface area contributed by atoms with E-state index in [-0.39, 0.29) is 48.9 Å². The maximum absolute atomic E-state index is 11.7. The van der Waals surface area contributed by atoms with E-state index in [9.17, 15) is 19.7 Å². The van der Waals surface area contributed by atoms with Crippen molar-refractivity contribution in [2.45, 2.75) is 33.4 Å². The highest BCUT2D eigenvalue weighted by Crippen LogP contribution is 2.20. The summed E-state index contributed by atoms with van der Waals surface area (Å²) in [5, 5.41) is 15.9. The number of benzene rings is 1. The van der Waals surface area contributed by atoms with Crippen LogP contribution in [0.5, 0.6) is 0 Å². The molecule has 0 heterocycles. The van der Waals surface area contributed by atoms with Gasteiger partial charge in [-0.05, 0) is 18.4 Å². The average molecular weight is 359 g/mol. The number of rotatable bonds is 7. The highest BCUT2D eigenvalue weighted by Gasteiger charge is 2.18. The first-order valence-corrected chi connectivity index (χ1v) is 7.27. The number of nitrogens with two attached hydrogens (primary N) is 1. The number of nitrogens with one attached hydrogen (secondary N) is 2. The maximum atomic E-state index is 11.7. The second-order valence-corrected chi connectivity index (χ2v) is 5.58. The first kappa shape index (κ1) is 21.8. The molecule has 1 rings (SSSR count). The van der Waals surface area contributed by atoms with Crippen LogP contribution in [0.1, 0.15) is 25.0 Å². The summed E-state index contributed by atoms with van der Waals surface area (Å²) in [5.41, 5.74) is 6.83. The Labute approximate surface area is 146 Å². The molecule has 134 valence electrons. The fourth-order valence-corrected chi connectivity index (χ4v) is 1.90. The van der Waals surface area contributed by atoms with Crippen molar-refractivity contribution in [3.8, 4) is 0 Å². The predicted octanol–water partition coefficient (Wildman–Crippen LogP) is 1.04. The summed E-state index contributed by atoms with van der Waals surface area (Å²) in [7, 11) is 0. The predicted molar refractivity (Wildman–Crippen MR) is 92.8 cm³/mol. The number of carbonyl (C=O) groups is 2. The molecule has 8 nitrogen and oxygen atoms in total.